The van der Waals surface area contributed by atoms with Gasteiger partial charge in [0.25, 0.3) is 0 Å². The number of rotatable bonds is 48. The van der Waals surface area contributed by atoms with E-state index in [0.717, 1.165) is 77.5 Å². The molecule has 0 heterocycles. The smallest absolute Gasteiger partial charge is 0.549 e. The maximum absolute atomic E-state index is 11.0. The first-order valence-corrected chi connectivity index (χ1v) is 24.7. The molecular weight excluding hydrogens is 757 g/mol. The van der Waals surface area contributed by atoms with E-state index < -0.39 is 11.9 Å². The molecule has 59 heavy (non-hydrogen) atoms. The fourth-order valence-corrected chi connectivity index (χ4v) is 7.64. The van der Waals surface area contributed by atoms with E-state index >= 15 is 0 Å². The fraction of sp³-hybridized carbons (Fsp3) is 0.808. The number of carboxylic acids is 2. The van der Waals surface area contributed by atoms with Crippen molar-refractivity contribution in [2.24, 2.45) is 0 Å². The maximum atomic E-state index is 11.0. The molecule has 0 bridgehead atoms. The third kappa shape index (κ3) is 57.1. The monoisotopic (exact) mass is 853 g/mol. The van der Waals surface area contributed by atoms with Crippen molar-refractivity contribution in [1.82, 2.24) is 9.80 Å². The van der Waals surface area contributed by atoms with Crippen LogP contribution in [0, 0.1) is 0 Å². The van der Waals surface area contributed by atoms with Gasteiger partial charge in [-0.05, 0) is 103 Å². The summed E-state index contributed by atoms with van der Waals surface area (Å²) < 4.78 is 0. The summed E-state index contributed by atoms with van der Waals surface area (Å²) in [6.45, 7) is 18.8. The second-order valence-electron chi connectivity index (χ2n) is 16.9. The topological polar surface area (TPSA) is 86.7 Å². The van der Waals surface area contributed by atoms with Gasteiger partial charge in [0.05, 0.1) is 11.9 Å². The van der Waals surface area contributed by atoms with E-state index in [0.29, 0.717) is 0 Å². The molecule has 6 nitrogen and oxygen atoms in total. The predicted octanol–water partition coefficient (Wildman–Crippen LogP) is 12.5. The van der Waals surface area contributed by atoms with Crippen LogP contribution in [-0.2, 0) is 9.59 Å². The molecule has 340 valence electrons. The zero-order valence-corrected chi connectivity index (χ0v) is 41.3. The summed E-state index contributed by atoms with van der Waals surface area (Å²) in [6, 6.07) is 0. The quantitative estimate of drug-likeness (QED) is 0.0344. The molecular formula is C52H96CaN2O4. The summed E-state index contributed by atoms with van der Waals surface area (Å²) in [5.41, 5.74) is 0. The molecule has 0 radical (unpaired) electrons. The Balaban J connectivity index is -0.00000105. The molecule has 0 aliphatic carbocycles. The predicted molar refractivity (Wildman–Crippen MR) is 256 cm³/mol. The molecule has 0 N–H and O–H groups in total. The van der Waals surface area contributed by atoms with Crippen LogP contribution in [0.15, 0.2) is 50.6 Å². The van der Waals surface area contributed by atoms with Crippen molar-refractivity contribution in [2.45, 2.75) is 231 Å². The number of carbonyl (C=O) groups is 2. The Morgan fingerprint density at radius 2 is 0.458 bits per heavy atom. The first-order valence-electron chi connectivity index (χ1n) is 24.7. The summed E-state index contributed by atoms with van der Waals surface area (Å²) in [5, 5.41) is 22.0. The van der Waals surface area contributed by atoms with Gasteiger partial charge in [0.15, 0.2) is 0 Å². The average molecular weight is 853 g/mol. The molecule has 0 atom stereocenters. The van der Waals surface area contributed by atoms with Gasteiger partial charge in [-0.15, -0.1) is 26.3 Å². The summed E-state index contributed by atoms with van der Waals surface area (Å²) in [4.78, 5) is 26.2. The van der Waals surface area contributed by atoms with Crippen molar-refractivity contribution in [3.05, 3.63) is 50.6 Å². The van der Waals surface area contributed by atoms with E-state index in [-0.39, 0.29) is 50.8 Å². The molecule has 0 aliphatic heterocycles. The molecule has 0 unspecified atom stereocenters. The van der Waals surface area contributed by atoms with Gasteiger partial charge in [-0.25, -0.2) is 0 Å². The first-order chi connectivity index (χ1) is 28.4. The number of aliphatic carboxylic acids is 2. The van der Waals surface area contributed by atoms with Gasteiger partial charge >= 0.3 is 37.7 Å². The molecule has 0 saturated heterocycles. The Bertz CT molecular complexity index is 785. The average Bonchev–Trinajstić information content (AvgIpc) is 3.20. The number of nitrogens with zero attached hydrogens (tertiary/aromatic N) is 2. The van der Waals surface area contributed by atoms with E-state index in [1.54, 1.807) is 0 Å². The van der Waals surface area contributed by atoms with Crippen LogP contribution < -0.4 is 10.2 Å². The molecule has 0 spiro atoms. The third-order valence-electron chi connectivity index (χ3n) is 11.2. The summed E-state index contributed by atoms with van der Waals surface area (Å²) >= 11 is 0. The van der Waals surface area contributed by atoms with Gasteiger partial charge in [-0.3, -0.25) is 9.80 Å². The standard InChI is InChI=1S/2C26H49NO2.Ca/c2*1-3-5-7-9-11-13-15-17-19-21-23-27(25-26(28)29)24-22-20-18-16-14-12-10-8-6-4-2;/h2*3-4H,1-2,5-25H2,(H,28,29);/q;;+2/p-2. The molecule has 0 aliphatic rings. The van der Waals surface area contributed by atoms with Crippen LogP contribution in [0.3, 0.4) is 0 Å². The van der Waals surface area contributed by atoms with Crippen LogP contribution in [0.2, 0.25) is 0 Å². The van der Waals surface area contributed by atoms with Gasteiger partial charge in [0.2, 0.25) is 0 Å². The van der Waals surface area contributed by atoms with Gasteiger partial charge < -0.3 is 19.8 Å². The van der Waals surface area contributed by atoms with E-state index in [9.17, 15) is 19.8 Å². The van der Waals surface area contributed by atoms with Crippen molar-refractivity contribution in [3.63, 3.8) is 0 Å². The number of carbonyl (C=O) groups excluding carboxylic acids is 2. The molecule has 7 heteroatoms. The maximum Gasteiger partial charge on any atom is 2.00 e. The Morgan fingerprint density at radius 1 is 0.305 bits per heavy atom. The minimum absolute atomic E-state index is 0. The molecule has 0 aromatic heterocycles. The second kappa shape index (κ2) is 55.1. The van der Waals surface area contributed by atoms with Gasteiger partial charge in [-0.2, -0.15) is 0 Å². The Hall–Kier alpha value is -0.920. The number of hydrogen-bond donors (Lipinski definition) is 0. The van der Waals surface area contributed by atoms with Gasteiger partial charge in [0.1, 0.15) is 0 Å². The number of carboxylic acid groups (broad SMARTS) is 2. The van der Waals surface area contributed by atoms with Crippen molar-refractivity contribution < 1.29 is 19.8 Å². The largest absolute Gasteiger partial charge is 2.00 e. The van der Waals surface area contributed by atoms with E-state index in [4.69, 9.17) is 0 Å². The van der Waals surface area contributed by atoms with E-state index in [2.05, 4.69) is 36.1 Å². The molecule has 0 fully saturated rings. The van der Waals surface area contributed by atoms with Crippen molar-refractivity contribution in [2.75, 3.05) is 39.3 Å². The zero-order chi connectivity index (χ0) is 42.8. The Labute approximate surface area is 397 Å². The Kier molecular flexibility index (Phi) is 58.2. The van der Waals surface area contributed by atoms with Gasteiger partial charge in [0, 0.05) is 13.1 Å². The van der Waals surface area contributed by atoms with Crippen LogP contribution >= 0.6 is 0 Å². The first kappa shape index (κ1) is 62.4. The molecule has 0 aromatic rings. The minimum Gasteiger partial charge on any atom is -0.549 e. The van der Waals surface area contributed by atoms with E-state index in [1.165, 1.54) is 180 Å². The van der Waals surface area contributed by atoms with Crippen molar-refractivity contribution >= 4 is 49.7 Å². The van der Waals surface area contributed by atoms with E-state index in [1.807, 2.05) is 24.3 Å². The van der Waals surface area contributed by atoms with Crippen LogP contribution in [-0.4, -0.2) is 98.7 Å². The van der Waals surface area contributed by atoms with Crippen LogP contribution in [0.5, 0.6) is 0 Å². The van der Waals surface area contributed by atoms with Crippen LogP contribution in [0.4, 0.5) is 0 Å². The van der Waals surface area contributed by atoms with Crippen molar-refractivity contribution in [1.29, 1.82) is 0 Å². The number of hydrogen-bond acceptors (Lipinski definition) is 6. The minimum atomic E-state index is -0.941. The Morgan fingerprint density at radius 3 is 0.610 bits per heavy atom. The fourth-order valence-electron chi connectivity index (χ4n) is 7.64. The molecule has 0 amide bonds. The molecule has 0 rings (SSSR count). The van der Waals surface area contributed by atoms with Crippen LogP contribution in [0.1, 0.15) is 231 Å². The normalized spacial score (nSPS) is 10.9. The third-order valence-corrected chi connectivity index (χ3v) is 11.2. The van der Waals surface area contributed by atoms with Gasteiger partial charge in [-0.1, -0.05) is 178 Å². The summed E-state index contributed by atoms with van der Waals surface area (Å²) in [5.74, 6) is -1.88. The SMILES string of the molecule is C=CCCCCCCCCCCN(CCCCCCCCCCC=C)CC(=O)[O-].C=CCCCCCCCCCCN(CCCCCCCCCCC=C)CC(=O)[O-].[Ca+2]. The zero-order valence-electron chi connectivity index (χ0n) is 39.1. The number of allylic oxidation sites excluding steroid dienone is 4. The summed E-state index contributed by atoms with van der Waals surface area (Å²) in [6.07, 6.45) is 53.2. The number of unbranched alkanes of at least 4 members (excludes halogenated alkanes) is 32. The van der Waals surface area contributed by atoms with Crippen molar-refractivity contribution in [3.8, 4) is 0 Å². The molecule has 0 aromatic carbocycles. The summed E-state index contributed by atoms with van der Waals surface area (Å²) in [7, 11) is 0. The molecule has 0 saturated carbocycles. The second-order valence-corrected chi connectivity index (χ2v) is 16.9. The van der Waals surface area contributed by atoms with Crippen LogP contribution in [0.25, 0.3) is 0 Å².